The number of rotatable bonds is 6. The van der Waals surface area contributed by atoms with Crippen LogP contribution in [-0.4, -0.2) is 15.0 Å². The molecule has 0 radical (unpaired) electrons. The van der Waals surface area contributed by atoms with E-state index in [-0.39, 0.29) is 0 Å². The Morgan fingerprint density at radius 2 is 0.887 bits per heavy atom. The molecular formula is C49H31N3O. The molecule has 53 heavy (non-hydrogen) atoms. The first kappa shape index (κ1) is 30.6. The molecule has 10 rings (SSSR count). The topological polar surface area (TPSA) is 51.8 Å². The number of para-hydroxylation sites is 2. The van der Waals surface area contributed by atoms with Gasteiger partial charge in [-0.3, -0.25) is 0 Å². The van der Waals surface area contributed by atoms with Gasteiger partial charge in [-0.2, -0.15) is 0 Å². The highest BCUT2D eigenvalue weighted by Gasteiger charge is 2.19. The number of nitrogens with zero attached hydrogens (tertiary/aromatic N) is 3. The van der Waals surface area contributed by atoms with Crippen LogP contribution in [0.2, 0.25) is 0 Å². The van der Waals surface area contributed by atoms with Gasteiger partial charge in [-0.05, 0) is 68.4 Å². The maximum Gasteiger partial charge on any atom is 0.167 e. The van der Waals surface area contributed by atoms with Gasteiger partial charge in [0.2, 0.25) is 0 Å². The Labute approximate surface area is 306 Å². The molecule has 4 nitrogen and oxygen atoms in total. The van der Waals surface area contributed by atoms with Crippen LogP contribution in [0.15, 0.2) is 192 Å². The molecule has 0 aliphatic carbocycles. The van der Waals surface area contributed by atoms with Gasteiger partial charge < -0.3 is 4.42 Å². The zero-order chi connectivity index (χ0) is 35.1. The molecule has 8 aromatic carbocycles. The number of benzene rings is 8. The van der Waals surface area contributed by atoms with Gasteiger partial charge in [0.1, 0.15) is 11.2 Å². The van der Waals surface area contributed by atoms with Crippen LogP contribution in [0.1, 0.15) is 0 Å². The lowest BCUT2D eigenvalue weighted by Crippen LogP contribution is -2.00. The smallest absolute Gasteiger partial charge is 0.167 e. The summed E-state index contributed by atoms with van der Waals surface area (Å²) in [6, 6.07) is 65.4. The van der Waals surface area contributed by atoms with E-state index in [1.165, 1.54) is 27.5 Å². The van der Waals surface area contributed by atoms with Crippen molar-refractivity contribution in [1.82, 2.24) is 15.0 Å². The highest BCUT2D eigenvalue weighted by molar-refractivity contribution is 6.09. The quantitative estimate of drug-likeness (QED) is 0.176. The molecule has 2 aromatic heterocycles. The van der Waals surface area contributed by atoms with E-state index in [4.69, 9.17) is 19.4 Å². The molecule has 10 aromatic rings. The van der Waals surface area contributed by atoms with Crippen molar-refractivity contribution in [3.63, 3.8) is 0 Å². The fourth-order valence-corrected chi connectivity index (χ4v) is 7.40. The average molecular weight is 678 g/mol. The van der Waals surface area contributed by atoms with Crippen LogP contribution < -0.4 is 0 Å². The van der Waals surface area contributed by atoms with Gasteiger partial charge in [0.15, 0.2) is 17.5 Å². The number of hydrogen-bond donors (Lipinski definition) is 0. The third-order valence-corrected chi connectivity index (χ3v) is 9.93. The van der Waals surface area contributed by atoms with Gasteiger partial charge in [-0.15, -0.1) is 0 Å². The van der Waals surface area contributed by atoms with E-state index in [1.807, 2.05) is 60.7 Å². The van der Waals surface area contributed by atoms with Crippen LogP contribution in [0.4, 0.5) is 0 Å². The van der Waals surface area contributed by atoms with Gasteiger partial charge >= 0.3 is 0 Å². The summed E-state index contributed by atoms with van der Waals surface area (Å²) < 4.78 is 6.44. The van der Waals surface area contributed by atoms with Crippen LogP contribution in [0.5, 0.6) is 0 Å². The molecular weight excluding hydrogens is 647 g/mol. The lowest BCUT2D eigenvalue weighted by Gasteiger charge is -2.16. The van der Waals surface area contributed by atoms with Crippen LogP contribution in [0.3, 0.4) is 0 Å². The molecule has 0 aliphatic rings. The molecule has 0 saturated heterocycles. The van der Waals surface area contributed by atoms with E-state index < -0.39 is 0 Å². The zero-order valence-corrected chi connectivity index (χ0v) is 28.6. The Kier molecular flexibility index (Phi) is 7.43. The number of fused-ring (bicyclic) bond motifs is 4. The van der Waals surface area contributed by atoms with E-state index in [0.717, 1.165) is 55.3 Å². The summed E-state index contributed by atoms with van der Waals surface area (Å²) in [5.74, 6) is 1.76. The van der Waals surface area contributed by atoms with Crippen molar-refractivity contribution in [2.75, 3.05) is 0 Å². The van der Waals surface area contributed by atoms with Gasteiger partial charge in [0.25, 0.3) is 0 Å². The lowest BCUT2D eigenvalue weighted by atomic mass is 9.88. The SMILES string of the molecule is c1ccc(-c2cccc(-c3ccc4ccccc4c3-c3cccc(-c4nc(-c5ccccc5)nc(-c5cccc6c5oc5ccccc56)n4)c3)c2)cc1. The maximum atomic E-state index is 6.44. The maximum absolute atomic E-state index is 6.44. The summed E-state index contributed by atoms with van der Waals surface area (Å²) in [4.78, 5) is 15.3. The lowest BCUT2D eigenvalue weighted by molar-refractivity contribution is 0.669. The van der Waals surface area contributed by atoms with Gasteiger partial charge in [-0.25, -0.2) is 15.0 Å². The molecule has 0 atom stereocenters. The number of aromatic nitrogens is 3. The van der Waals surface area contributed by atoms with Crippen molar-refractivity contribution in [3.05, 3.63) is 188 Å². The van der Waals surface area contributed by atoms with Crippen LogP contribution in [0.25, 0.3) is 100 Å². The molecule has 0 bridgehead atoms. The van der Waals surface area contributed by atoms with Crippen molar-refractivity contribution in [3.8, 4) is 67.5 Å². The fourth-order valence-electron chi connectivity index (χ4n) is 7.40. The first-order valence-electron chi connectivity index (χ1n) is 17.8. The number of hydrogen-bond acceptors (Lipinski definition) is 4. The molecule has 0 N–H and O–H groups in total. The third kappa shape index (κ3) is 5.54. The van der Waals surface area contributed by atoms with Crippen LogP contribution in [0, 0.1) is 0 Å². The standard InChI is InChI=1S/C49H31N3O/c1-3-14-32(15-4-1)35-19-11-20-36(30-35)40-29-28-33-16-7-8-23-39(33)45(40)37-21-12-22-38(31-37)48-50-47(34-17-5-2-6-18-34)51-49(52-48)43-26-13-25-42-41-24-9-10-27-44(41)53-46(42)43/h1-31H. The second-order valence-electron chi connectivity index (χ2n) is 13.2. The van der Waals surface area contributed by atoms with E-state index in [2.05, 4.69) is 127 Å². The molecule has 2 heterocycles. The second kappa shape index (κ2) is 12.9. The third-order valence-electron chi connectivity index (χ3n) is 9.93. The fraction of sp³-hybridized carbons (Fsp3) is 0. The van der Waals surface area contributed by atoms with Crippen molar-refractivity contribution in [2.24, 2.45) is 0 Å². The van der Waals surface area contributed by atoms with E-state index in [0.29, 0.717) is 17.5 Å². The van der Waals surface area contributed by atoms with Crippen LogP contribution >= 0.6 is 0 Å². The molecule has 0 saturated carbocycles. The highest BCUT2D eigenvalue weighted by Crippen LogP contribution is 2.41. The van der Waals surface area contributed by atoms with Crippen LogP contribution in [-0.2, 0) is 0 Å². The molecule has 248 valence electrons. The minimum absolute atomic E-state index is 0.562. The summed E-state index contributed by atoms with van der Waals surface area (Å²) in [5.41, 5.74) is 11.2. The summed E-state index contributed by atoms with van der Waals surface area (Å²) in [5, 5.41) is 4.46. The Balaban J connectivity index is 1.17. The molecule has 0 fully saturated rings. The summed E-state index contributed by atoms with van der Waals surface area (Å²) in [6.45, 7) is 0. The van der Waals surface area contributed by atoms with Crippen molar-refractivity contribution < 1.29 is 4.42 Å². The van der Waals surface area contributed by atoms with E-state index in [9.17, 15) is 0 Å². The minimum Gasteiger partial charge on any atom is -0.455 e. The van der Waals surface area contributed by atoms with Gasteiger partial charge in [0, 0.05) is 21.9 Å². The van der Waals surface area contributed by atoms with Crippen molar-refractivity contribution >= 4 is 32.7 Å². The first-order valence-corrected chi connectivity index (χ1v) is 17.8. The predicted octanol–water partition coefficient (Wildman–Crippen LogP) is 12.9. The Morgan fingerprint density at radius 3 is 1.72 bits per heavy atom. The summed E-state index contributed by atoms with van der Waals surface area (Å²) in [7, 11) is 0. The monoisotopic (exact) mass is 677 g/mol. The Morgan fingerprint density at radius 1 is 0.321 bits per heavy atom. The summed E-state index contributed by atoms with van der Waals surface area (Å²) in [6.07, 6.45) is 0. The zero-order valence-electron chi connectivity index (χ0n) is 28.6. The molecule has 4 heteroatoms. The van der Waals surface area contributed by atoms with E-state index in [1.54, 1.807) is 0 Å². The highest BCUT2D eigenvalue weighted by atomic mass is 16.3. The number of furan rings is 1. The largest absolute Gasteiger partial charge is 0.455 e. The summed E-state index contributed by atoms with van der Waals surface area (Å²) >= 11 is 0. The van der Waals surface area contributed by atoms with Crippen molar-refractivity contribution in [1.29, 1.82) is 0 Å². The van der Waals surface area contributed by atoms with E-state index >= 15 is 0 Å². The Bertz CT molecular complexity index is 2950. The molecule has 0 unspecified atom stereocenters. The van der Waals surface area contributed by atoms with Gasteiger partial charge in [-0.1, -0.05) is 164 Å². The molecule has 0 aliphatic heterocycles. The molecule has 0 amide bonds. The predicted molar refractivity (Wildman–Crippen MR) is 217 cm³/mol. The van der Waals surface area contributed by atoms with Gasteiger partial charge in [0.05, 0.1) is 5.56 Å². The Hall–Kier alpha value is -7.17. The normalized spacial score (nSPS) is 11.4. The van der Waals surface area contributed by atoms with Crippen molar-refractivity contribution in [2.45, 2.75) is 0 Å². The molecule has 0 spiro atoms. The second-order valence-corrected chi connectivity index (χ2v) is 13.2. The minimum atomic E-state index is 0.562. The average Bonchev–Trinajstić information content (AvgIpc) is 3.63. The first-order chi connectivity index (χ1) is 26.3.